The van der Waals surface area contributed by atoms with Gasteiger partial charge in [-0.25, -0.2) is 0 Å². The van der Waals surface area contributed by atoms with Crippen molar-refractivity contribution in [3.8, 4) is 0 Å². The maximum atomic E-state index is 4.18. The van der Waals surface area contributed by atoms with Crippen molar-refractivity contribution in [3.05, 3.63) is 39.8 Å². The Hall–Kier alpha value is -1.07. The fraction of sp³-hybridized carbons (Fsp3) is 0.385. The number of aromatic nitrogens is 2. The van der Waals surface area contributed by atoms with Crippen LogP contribution >= 0.6 is 23.1 Å². The fourth-order valence-corrected chi connectivity index (χ4v) is 3.38. The number of rotatable bonds is 5. The monoisotopic (exact) mass is 279 g/mol. The van der Waals surface area contributed by atoms with Crippen molar-refractivity contribution >= 4 is 28.8 Å². The first kappa shape index (κ1) is 13.4. The van der Waals surface area contributed by atoms with Gasteiger partial charge in [0.05, 0.1) is 0 Å². The highest BCUT2D eigenvalue weighted by molar-refractivity contribution is 7.99. The quantitative estimate of drug-likeness (QED) is 0.839. The smallest absolute Gasteiger partial charge is 0.149 e. The second-order valence-corrected chi connectivity index (χ2v) is 6.27. The summed E-state index contributed by atoms with van der Waals surface area (Å²) in [7, 11) is 0. The van der Waals surface area contributed by atoms with Gasteiger partial charge in [0.15, 0.2) is 0 Å². The highest BCUT2D eigenvalue weighted by atomic mass is 32.2. The molecular weight excluding hydrogens is 262 g/mol. The van der Waals surface area contributed by atoms with Gasteiger partial charge in [-0.3, -0.25) is 0 Å². The van der Waals surface area contributed by atoms with Gasteiger partial charge >= 0.3 is 0 Å². The molecule has 0 aliphatic carbocycles. The van der Waals surface area contributed by atoms with Crippen LogP contribution in [0.5, 0.6) is 0 Å². The van der Waals surface area contributed by atoms with E-state index in [1.807, 2.05) is 11.8 Å². The van der Waals surface area contributed by atoms with Crippen LogP contribution in [0.1, 0.15) is 28.4 Å². The molecule has 2 rings (SSSR count). The van der Waals surface area contributed by atoms with Gasteiger partial charge in [-0.05, 0) is 30.7 Å². The summed E-state index contributed by atoms with van der Waals surface area (Å²) in [5.74, 6) is 1.04. The van der Waals surface area contributed by atoms with Crippen molar-refractivity contribution in [1.29, 1.82) is 0 Å². The zero-order valence-corrected chi connectivity index (χ0v) is 12.4. The fourth-order valence-electron chi connectivity index (χ4n) is 1.81. The predicted molar refractivity (Wildman–Crippen MR) is 80.3 cm³/mol. The first-order valence-corrected chi connectivity index (χ1v) is 7.85. The molecule has 1 atom stereocenters. The maximum Gasteiger partial charge on any atom is 0.149 e. The zero-order chi connectivity index (χ0) is 13.0. The second-order valence-electron chi connectivity index (χ2n) is 4.02. The molecule has 1 unspecified atom stereocenters. The SMILES string of the molecule is CCSC(Nc1c(C)cccc1C)c1nncs1. The van der Waals surface area contributed by atoms with E-state index in [1.54, 1.807) is 16.8 Å². The summed E-state index contributed by atoms with van der Waals surface area (Å²) in [4.78, 5) is 0. The van der Waals surface area contributed by atoms with Crippen LogP contribution < -0.4 is 5.32 Å². The molecular formula is C13H17N3S2. The lowest BCUT2D eigenvalue weighted by Crippen LogP contribution is -2.09. The number of anilines is 1. The van der Waals surface area contributed by atoms with Gasteiger partial charge < -0.3 is 5.32 Å². The minimum Gasteiger partial charge on any atom is -0.367 e. The molecule has 1 N–H and O–H groups in total. The number of hydrogen-bond donors (Lipinski definition) is 1. The van der Waals surface area contributed by atoms with Gasteiger partial charge in [-0.1, -0.05) is 25.1 Å². The third-order valence-corrected chi connectivity index (χ3v) is 4.61. The molecule has 0 saturated carbocycles. The van der Waals surface area contributed by atoms with E-state index < -0.39 is 0 Å². The van der Waals surface area contributed by atoms with Crippen molar-refractivity contribution in [2.75, 3.05) is 11.1 Å². The van der Waals surface area contributed by atoms with Crippen LogP contribution in [0, 0.1) is 13.8 Å². The number of nitrogens with one attached hydrogen (secondary N) is 1. The Labute approximate surface area is 116 Å². The molecule has 1 heterocycles. The highest BCUT2D eigenvalue weighted by Gasteiger charge is 2.16. The van der Waals surface area contributed by atoms with Gasteiger partial charge in [0.2, 0.25) is 0 Å². The van der Waals surface area contributed by atoms with Crippen LogP contribution in [0.2, 0.25) is 0 Å². The van der Waals surface area contributed by atoms with Crippen molar-refractivity contribution < 1.29 is 0 Å². The lowest BCUT2D eigenvalue weighted by atomic mass is 10.1. The average molecular weight is 279 g/mol. The molecule has 18 heavy (non-hydrogen) atoms. The summed E-state index contributed by atoms with van der Waals surface area (Å²) in [6.07, 6.45) is 0. The first-order chi connectivity index (χ1) is 8.72. The first-order valence-electron chi connectivity index (χ1n) is 5.92. The summed E-state index contributed by atoms with van der Waals surface area (Å²) in [5.41, 5.74) is 5.52. The summed E-state index contributed by atoms with van der Waals surface area (Å²) in [6.45, 7) is 6.41. The van der Waals surface area contributed by atoms with Crippen LogP contribution in [0.4, 0.5) is 5.69 Å². The van der Waals surface area contributed by atoms with Gasteiger partial charge in [0.25, 0.3) is 0 Å². The highest BCUT2D eigenvalue weighted by Crippen LogP contribution is 2.33. The third kappa shape index (κ3) is 3.03. The lowest BCUT2D eigenvalue weighted by Gasteiger charge is -2.19. The van der Waals surface area contributed by atoms with E-state index in [0.29, 0.717) is 0 Å². The third-order valence-electron chi connectivity index (χ3n) is 2.69. The number of nitrogens with zero attached hydrogens (tertiary/aromatic N) is 2. The Balaban J connectivity index is 2.24. The van der Waals surface area contributed by atoms with E-state index >= 15 is 0 Å². The predicted octanol–water partition coefficient (Wildman–Crippen LogP) is 4.02. The number of aryl methyl sites for hydroxylation is 2. The Morgan fingerprint density at radius 2 is 2.06 bits per heavy atom. The van der Waals surface area contributed by atoms with E-state index in [4.69, 9.17) is 0 Å². The number of hydrogen-bond acceptors (Lipinski definition) is 5. The van der Waals surface area contributed by atoms with E-state index in [2.05, 4.69) is 54.5 Å². The topological polar surface area (TPSA) is 37.8 Å². The minimum atomic E-state index is 0.183. The Kier molecular flexibility index (Phi) is 4.60. The Bertz CT molecular complexity index is 477. The van der Waals surface area contributed by atoms with Crippen molar-refractivity contribution in [2.24, 2.45) is 0 Å². The van der Waals surface area contributed by atoms with Gasteiger partial charge in [-0.15, -0.1) is 33.3 Å². The van der Waals surface area contributed by atoms with Gasteiger partial charge in [0, 0.05) is 5.69 Å². The lowest BCUT2D eigenvalue weighted by molar-refractivity contribution is 0.971. The van der Waals surface area contributed by atoms with E-state index in [0.717, 1.165) is 10.8 Å². The summed E-state index contributed by atoms with van der Waals surface area (Å²) in [5, 5.41) is 12.9. The van der Waals surface area contributed by atoms with Crippen molar-refractivity contribution in [1.82, 2.24) is 10.2 Å². The van der Waals surface area contributed by atoms with Crippen LogP contribution in [0.25, 0.3) is 0 Å². The number of benzene rings is 1. The standard InChI is InChI=1S/C13H17N3S2/c1-4-17-12(13-16-14-8-18-13)15-11-9(2)6-5-7-10(11)3/h5-8,12,15H,4H2,1-3H3. The van der Waals surface area contributed by atoms with Crippen molar-refractivity contribution in [3.63, 3.8) is 0 Å². The average Bonchev–Trinajstić information content (AvgIpc) is 2.86. The van der Waals surface area contributed by atoms with Gasteiger partial charge in [0.1, 0.15) is 15.9 Å². The number of para-hydroxylation sites is 1. The van der Waals surface area contributed by atoms with E-state index in [-0.39, 0.29) is 5.37 Å². The Morgan fingerprint density at radius 3 is 2.61 bits per heavy atom. The molecule has 96 valence electrons. The normalized spacial score (nSPS) is 12.4. The van der Waals surface area contributed by atoms with Crippen LogP contribution in [0.15, 0.2) is 23.7 Å². The zero-order valence-electron chi connectivity index (χ0n) is 10.8. The molecule has 5 heteroatoms. The summed E-state index contributed by atoms with van der Waals surface area (Å²) in [6, 6.07) is 6.34. The van der Waals surface area contributed by atoms with E-state index in [9.17, 15) is 0 Å². The second kappa shape index (κ2) is 6.20. The molecule has 0 amide bonds. The summed E-state index contributed by atoms with van der Waals surface area (Å²) >= 11 is 3.44. The molecule has 2 aromatic rings. The van der Waals surface area contributed by atoms with Crippen molar-refractivity contribution in [2.45, 2.75) is 26.1 Å². The molecule has 3 nitrogen and oxygen atoms in total. The van der Waals surface area contributed by atoms with Gasteiger partial charge in [-0.2, -0.15) is 0 Å². The molecule has 0 saturated heterocycles. The number of thioether (sulfide) groups is 1. The molecule has 0 spiro atoms. The minimum absolute atomic E-state index is 0.183. The Morgan fingerprint density at radius 1 is 1.33 bits per heavy atom. The molecule has 0 aliphatic rings. The molecule has 1 aromatic heterocycles. The molecule has 0 fully saturated rings. The van der Waals surface area contributed by atoms with Crippen LogP contribution in [0.3, 0.4) is 0 Å². The summed E-state index contributed by atoms with van der Waals surface area (Å²) < 4.78 is 0. The largest absolute Gasteiger partial charge is 0.367 e. The molecule has 1 aromatic carbocycles. The van der Waals surface area contributed by atoms with E-state index in [1.165, 1.54) is 16.8 Å². The molecule has 0 aliphatic heterocycles. The van der Waals surface area contributed by atoms with Crippen LogP contribution in [-0.2, 0) is 0 Å². The molecule has 0 radical (unpaired) electrons. The van der Waals surface area contributed by atoms with Crippen LogP contribution in [-0.4, -0.2) is 16.0 Å². The molecule has 0 bridgehead atoms. The maximum absolute atomic E-state index is 4.18.